The maximum atomic E-state index is 5.47. The van der Waals surface area contributed by atoms with Gasteiger partial charge in [-0.25, -0.2) is 0 Å². The van der Waals surface area contributed by atoms with Crippen LogP contribution in [-0.2, 0) is 5.33 Å². The van der Waals surface area contributed by atoms with E-state index >= 15 is 0 Å². The molecule has 0 aliphatic carbocycles. The molecule has 0 spiro atoms. The van der Waals surface area contributed by atoms with Crippen LogP contribution >= 0.6 is 27.3 Å². The minimum Gasteiger partial charge on any atom is -0.496 e. The van der Waals surface area contributed by atoms with Gasteiger partial charge in [-0.05, 0) is 23.9 Å². The molecule has 1 aromatic heterocycles. The lowest BCUT2D eigenvalue weighted by Crippen LogP contribution is -1.90. The van der Waals surface area contributed by atoms with E-state index in [1.54, 1.807) is 18.4 Å². The van der Waals surface area contributed by atoms with Gasteiger partial charge in [-0.1, -0.05) is 22.0 Å². The summed E-state index contributed by atoms with van der Waals surface area (Å²) in [4.78, 5) is 0. The third-order valence-electron chi connectivity index (χ3n) is 2.31. The van der Waals surface area contributed by atoms with Gasteiger partial charge in [0.05, 0.1) is 7.11 Å². The molecular formula is C11H11BrOS. The van der Waals surface area contributed by atoms with E-state index in [0.717, 1.165) is 11.1 Å². The molecule has 0 radical (unpaired) electrons. The largest absolute Gasteiger partial charge is 0.496 e. The van der Waals surface area contributed by atoms with E-state index in [1.165, 1.54) is 21.2 Å². The highest BCUT2D eigenvalue weighted by molar-refractivity contribution is 9.08. The van der Waals surface area contributed by atoms with E-state index in [1.807, 2.05) is 0 Å². The van der Waals surface area contributed by atoms with Crippen LogP contribution in [0.4, 0.5) is 0 Å². The lowest BCUT2D eigenvalue weighted by Gasteiger charge is -2.08. The minimum absolute atomic E-state index is 0.835. The first kappa shape index (κ1) is 9.99. The van der Waals surface area contributed by atoms with Crippen LogP contribution in [-0.4, -0.2) is 7.11 Å². The van der Waals surface area contributed by atoms with Crippen molar-refractivity contribution in [2.75, 3.05) is 7.11 Å². The fraction of sp³-hybridized carbons (Fsp3) is 0.273. The summed E-state index contributed by atoms with van der Waals surface area (Å²) in [5.41, 5.74) is 2.51. The van der Waals surface area contributed by atoms with Gasteiger partial charge >= 0.3 is 0 Å². The Morgan fingerprint density at radius 2 is 2.21 bits per heavy atom. The van der Waals surface area contributed by atoms with Gasteiger partial charge in [0, 0.05) is 21.0 Å². The van der Waals surface area contributed by atoms with Crippen molar-refractivity contribution in [2.24, 2.45) is 0 Å². The highest BCUT2D eigenvalue weighted by Crippen LogP contribution is 2.36. The number of fused-ring (bicyclic) bond motifs is 1. The predicted octanol–water partition coefficient (Wildman–Crippen LogP) is 4.11. The fourth-order valence-electron chi connectivity index (χ4n) is 1.63. The van der Waals surface area contributed by atoms with Gasteiger partial charge < -0.3 is 4.74 Å². The second-order valence-corrected chi connectivity index (χ2v) is 4.66. The van der Waals surface area contributed by atoms with Gasteiger partial charge in [-0.2, -0.15) is 0 Å². The molecule has 0 bridgehead atoms. The monoisotopic (exact) mass is 270 g/mol. The predicted molar refractivity (Wildman–Crippen MR) is 65.7 cm³/mol. The molecule has 0 N–H and O–H groups in total. The lowest BCUT2D eigenvalue weighted by molar-refractivity contribution is 0.416. The Bertz CT molecular complexity index is 462. The molecule has 0 atom stereocenters. The minimum atomic E-state index is 0.835. The van der Waals surface area contributed by atoms with E-state index in [2.05, 4.69) is 40.4 Å². The maximum Gasteiger partial charge on any atom is 0.131 e. The van der Waals surface area contributed by atoms with Crippen molar-refractivity contribution in [3.05, 3.63) is 28.6 Å². The van der Waals surface area contributed by atoms with E-state index in [0.29, 0.717) is 0 Å². The number of methoxy groups -OCH3 is 1. The summed E-state index contributed by atoms with van der Waals surface area (Å²) >= 11 is 5.24. The lowest BCUT2D eigenvalue weighted by atomic mass is 10.1. The average Bonchev–Trinajstić information content (AvgIpc) is 2.59. The SMILES string of the molecule is COc1c(CBr)ccc2scc(C)c12. The summed E-state index contributed by atoms with van der Waals surface area (Å²) in [6.07, 6.45) is 0. The van der Waals surface area contributed by atoms with Crippen LogP contribution in [0.5, 0.6) is 5.75 Å². The number of hydrogen-bond acceptors (Lipinski definition) is 2. The number of rotatable bonds is 2. The molecule has 1 heterocycles. The highest BCUT2D eigenvalue weighted by Gasteiger charge is 2.10. The van der Waals surface area contributed by atoms with E-state index < -0.39 is 0 Å². The Labute approximate surface area is 95.8 Å². The van der Waals surface area contributed by atoms with Crippen LogP contribution in [0.1, 0.15) is 11.1 Å². The molecule has 74 valence electrons. The van der Waals surface area contributed by atoms with Crippen molar-refractivity contribution in [3.63, 3.8) is 0 Å². The quantitative estimate of drug-likeness (QED) is 0.747. The Balaban J connectivity index is 2.81. The first-order valence-electron chi connectivity index (χ1n) is 4.37. The topological polar surface area (TPSA) is 9.23 Å². The van der Waals surface area contributed by atoms with Crippen molar-refractivity contribution in [3.8, 4) is 5.75 Å². The second kappa shape index (κ2) is 3.91. The Hall–Kier alpha value is -0.540. The molecular weight excluding hydrogens is 260 g/mol. The van der Waals surface area contributed by atoms with Crippen LogP contribution in [0.3, 0.4) is 0 Å². The van der Waals surface area contributed by atoms with Gasteiger partial charge in [0.2, 0.25) is 0 Å². The Morgan fingerprint density at radius 1 is 1.43 bits per heavy atom. The van der Waals surface area contributed by atoms with E-state index in [4.69, 9.17) is 4.74 Å². The molecule has 2 rings (SSSR count). The number of aryl methyl sites for hydroxylation is 1. The van der Waals surface area contributed by atoms with Crippen molar-refractivity contribution < 1.29 is 4.74 Å². The maximum absolute atomic E-state index is 5.47. The summed E-state index contributed by atoms with van der Waals surface area (Å²) in [6.45, 7) is 2.12. The number of hydrogen-bond donors (Lipinski definition) is 0. The molecule has 0 aliphatic rings. The summed E-state index contributed by atoms with van der Waals surface area (Å²) in [5, 5.41) is 4.27. The van der Waals surface area contributed by atoms with Crippen molar-refractivity contribution in [1.82, 2.24) is 0 Å². The fourth-order valence-corrected chi connectivity index (χ4v) is 3.01. The van der Waals surface area contributed by atoms with Crippen molar-refractivity contribution in [2.45, 2.75) is 12.3 Å². The van der Waals surface area contributed by atoms with E-state index in [9.17, 15) is 0 Å². The first-order valence-corrected chi connectivity index (χ1v) is 6.37. The Kier molecular flexibility index (Phi) is 2.79. The van der Waals surface area contributed by atoms with Gasteiger partial charge in [-0.15, -0.1) is 11.3 Å². The van der Waals surface area contributed by atoms with Gasteiger partial charge in [-0.3, -0.25) is 0 Å². The number of alkyl halides is 1. The van der Waals surface area contributed by atoms with Gasteiger partial charge in [0.25, 0.3) is 0 Å². The summed E-state index contributed by atoms with van der Waals surface area (Å²) in [6, 6.07) is 4.28. The summed E-state index contributed by atoms with van der Waals surface area (Å²) in [5.74, 6) is 1.01. The molecule has 14 heavy (non-hydrogen) atoms. The molecule has 0 saturated heterocycles. The molecule has 1 nitrogen and oxygen atoms in total. The third-order valence-corrected chi connectivity index (χ3v) is 3.98. The molecule has 2 aromatic rings. The normalized spacial score (nSPS) is 10.8. The van der Waals surface area contributed by atoms with Gasteiger partial charge in [0.15, 0.2) is 0 Å². The number of ether oxygens (including phenoxy) is 1. The van der Waals surface area contributed by atoms with Gasteiger partial charge in [0.1, 0.15) is 5.75 Å². The number of halogens is 1. The van der Waals surface area contributed by atoms with Crippen molar-refractivity contribution >= 4 is 37.4 Å². The first-order chi connectivity index (χ1) is 6.77. The molecule has 0 aliphatic heterocycles. The van der Waals surface area contributed by atoms with Crippen LogP contribution < -0.4 is 4.74 Å². The molecule has 0 fully saturated rings. The highest BCUT2D eigenvalue weighted by atomic mass is 79.9. The zero-order valence-electron chi connectivity index (χ0n) is 8.13. The average molecular weight is 271 g/mol. The number of thiophene rings is 1. The van der Waals surface area contributed by atoms with Crippen LogP contribution in [0.2, 0.25) is 0 Å². The summed E-state index contributed by atoms with van der Waals surface area (Å²) in [7, 11) is 1.73. The zero-order chi connectivity index (χ0) is 10.1. The smallest absolute Gasteiger partial charge is 0.131 e. The molecule has 0 amide bonds. The van der Waals surface area contributed by atoms with E-state index in [-0.39, 0.29) is 0 Å². The molecule has 1 aromatic carbocycles. The number of benzene rings is 1. The molecule has 3 heteroatoms. The molecule has 0 saturated carbocycles. The summed E-state index contributed by atoms with van der Waals surface area (Å²) < 4.78 is 6.76. The molecule has 0 unspecified atom stereocenters. The third kappa shape index (κ3) is 1.44. The second-order valence-electron chi connectivity index (χ2n) is 3.18. The zero-order valence-corrected chi connectivity index (χ0v) is 10.5. The Morgan fingerprint density at radius 3 is 2.86 bits per heavy atom. The van der Waals surface area contributed by atoms with Crippen molar-refractivity contribution in [1.29, 1.82) is 0 Å². The standard InChI is InChI=1S/C11H11BrOS/c1-7-6-14-9-4-3-8(5-12)11(13-2)10(7)9/h3-4,6H,5H2,1-2H3. The van der Waals surface area contributed by atoms with Crippen LogP contribution in [0.25, 0.3) is 10.1 Å². The van der Waals surface area contributed by atoms with Crippen LogP contribution in [0, 0.1) is 6.92 Å². The van der Waals surface area contributed by atoms with Crippen LogP contribution in [0.15, 0.2) is 17.5 Å².